The average Bonchev–Trinajstić information content (AvgIpc) is 2.95. The van der Waals surface area contributed by atoms with Gasteiger partial charge in [-0.3, -0.25) is 0 Å². The number of aromatic nitrogens is 2. The number of benzene rings is 1. The van der Waals surface area contributed by atoms with Crippen LogP contribution in [0, 0.1) is 0 Å². The van der Waals surface area contributed by atoms with Crippen molar-refractivity contribution in [1.29, 1.82) is 0 Å². The number of hydrogen-bond donors (Lipinski definition) is 1. The first-order valence-electron chi connectivity index (χ1n) is 6.54. The zero-order valence-electron chi connectivity index (χ0n) is 12.0. The van der Waals surface area contributed by atoms with Gasteiger partial charge >= 0.3 is 0 Å². The molecule has 1 heterocycles. The molecule has 0 aliphatic heterocycles. The highest BCUT2D eigenvalue weighted by molar-refractivity contribution is 5.67. The molecule has 0 saturated heterocycles. The Morgan fingerprint density at radius 2 is 2.05 bits per heavy atom. The molecule has 0 fully saturated rings. The fourth-order valence-electron chi connectivity index (χ4n) is 1.89. The number of nitrogens with one attached hydrogen (secondary N) is 1. The van der Waals surface area contributed by atoms with E-state index in [1.807, 2.05) is 18.2 Å². The SMILES string of the molecule is CCNCCc1nnc(-c2cccc(OC)c2OC)o1. The summed E-state index contributed by atoms with van der Waals surface area (Å²) in [7, 11) is 3.18. The van der Waals surface area contributed by atoms with Crippen LogP contribution in [0.1, 0.15) is 12.8 Å². The smallest absolute Gasteiger partial charge is 0.251 e. The molecule has 1 N–H and O–H groups in total. The molecule has 0 saturated carbocycles. The van der Waals surface area contributed by atoms with Gasteiger partial charge in [-0.05, 0) is 18.7 Å². The van der Waals surface area contributed by atoms with Crippen LogP contribution in [0.3, 0.4) is 0 Å². The van der Waals surface area contributed by atoms with Gasteiger partial charge in [0.15, 0.2) is 11.5 Å². The molecule has 0 radical (unpaired) electrons. The van der Waals surface area contributed by atoms with Crippen LogP contribution in [-0.2, 0) is 6.42 Å². The van der Waals surface area contributed by atoms with E-state index in [2.05, 4.69) is 22.4 Å². The second-order valence-electron chi connectivity index (χ2n) is 4.15. The third-order valence-electron chi connectivity index (χ3n) is 2.87. The Labute approximate surface area is 118 Å². The summed E-state index contributed by atoms with van der Waals surface area (Å²) >= 11 is 0. The molecule has 1 aromatic heterocycles. The van der Waals surface area contributed by atoms with E-state index in [-0.39, 0.29) is 0 Å². The maximum absolute atomic E-state index is 5.66. The van der Waals surface area contributed by atoms with E-state index in [9.17, 15) is 0 Å². The molecule has 2 aromatic rings. The van der Waals surface area contributed by atoms with Gasteiger partial charge in [-0.15, -0.1) is 10.2 Å². The second-order valence-corrected chi connectivity index (χ2v) is 4.15. The van der Waals surface area contributed by atoms with Crippen LogP contribution in [0.2, 0.25) is 0 Å². The van der Waals surface area contributed by atoms with E-state index in [0.717, 1.165) is 18.7 Å². The number of rotatable bonds is 7. The summed E-state index contributed by atoms with van der Waals surface area (Å²) in [6, 6.07) is 5.55. The molecule has 2 rings (SSSR count). The van der Waals surface area contributed by atoms with E-state index < -0.39 is 0 Å². The Morgan fingerprint density at radius 3 is 2.75 bits per heavy atom. The summed E-state index contributed by atoms with van der Waals surface area (Å²) in [4.78, 5) is 0. The summed E-state index contributed by atoms with van der Waals surface area (Å²) in [6.45, 7) is 3.79. The topological polar surface area (TPSA) is 69.4 Å². The van der Waals surface area contributed by atoms with E-state index >= 15 is 0 Å². The standard InChI is InChI=1S/C14H19N3O3/c1-4-15-9-8-12-16-17-14(20-12)10-6-5-7-11(18-2)13(10)19-3/h5-7,15H,4,8-9H2,1-3H3. The number of methoxy groups -OCH3 is 2. The molecule has 0 bridgehead atoms. The minimum atomic E-state index is 0.437. The lowest BCUT2D eigenvalue weighted by Gasteiger charge is -2.09. The average molecular weight is 277 g/mol. The first-order valence-corrected chi connectivity index (χ1v) is 6.54. The van der Waals surface area contributed by atoms with E-state index in [1.54, 1.807) is 14.2 Å². The van der Waals surface area contributed by atoms with Crippen molar-refractivity contribution >= 4 is 0 Å². The molecule has 1 aromatic carbocycles. The Morgan fingerprint density at radius 1 is 1.20 bits per heavy atom. The highest BCUT2D eigenvalue weighted by Crippen LogP contribution is 2.36. The fourth-order valence-corrected chi connectivity index (χ4v) is 1.89. The summed E-state index contributed by atoms with van der Waals surface area (Å²) in [6.07, 6.45) is 0.702. The van der Waals surface area contributed by atoms with Crippen molar-refractivity contribution in [2.24, 2.45) is 0 Å². The van der Waals surface area contributed by atoms with Gasteiger partial charge in [-0.1, -0.05) is 13.0 Å². The Kier molecular flexibility index (Phi) is 4.95. The van der Waals surface area contributed by atoms with Gasteiger partial charge in [0.25, 0.3) is 5.89 Å². The molecule has 0 amide bonds. The van der Waals surface area contributed by atoms with Gasteiger partial charge < -0.3 is 19.2 Å². The van der Waals surface area contributed by atoms with Gasteiger partial charge in [0.1, 0.15) is 0 Å². The third kappa shape index (κ3) is 3.08. The maximum atomic E-state index is 5.66. The molecular weight excluding hydrogens is 258 g/mol. The van der Waals surface area contributed by atoms with Crippen LogP contribution in [0.25, 0.3) is 11.5 Å². The first kappa shape index (κ1) is 14.3. The molecule has 20 heavy (non-hydrogen) atoms. The summed E-state index contributed by atoms with van der Waals surface area (Å²) < 4.78 is 16.3. The van der Waals surface area contributed by atoms with Crippen LogP contribution >= 0.6 is 0 Å². The van der Waals surface area contributed by atoms with Gasteiger partial charge in [0.05, 0.1) is 19.8 Å². The van der Waals surface area contributed by atoms with E-state index in [4.69, 9.17) is 13.9 Å². The minimum absolute atomic E-state index is 0.437. The lowest BCUT2D eigenvalue weighted by molar-refractivity contribution is 0.355. The predicted molar refractivity (Wildman–Crippen MR) is 75.1 cm³/mol. The second kappa shape index (κ2) is 6.91. The Bertz CT molecular complexity index is 554. The molecule has 108 valence electrons. The van der Waals surface area contributed by atoms with Crippen LogP contribution in [0.4, 0.5) is 0 Å². The highest BCUT2D eigenvalue weighted by atomic mass is 16.5. The quantitative estimate of drug-likeness (QED) is 0.780. The fraction of sp³-hybridized carbons (Fsp3) is 0.429. The minimum Gasteiger partial charge on any atom is -0.493 e. The van der Waals surface area contributed by atoms with Crippen LogP contribution < -0.4 is 14.8 Å². The summed E-state index contributed by atoms with van der Waals surface area (Å²) in [5, 5.41) is 11.3. The first-order chi connectivity index (χ1) is 9.80. The van der Waals surface area contributed by atoms with Gasteiger partial charge in [0.2, 0.25) is 5.89 Å². The lowest BCUT2D eigenvalue weighted by atomic mass is 10.2. The molecule has 6 nitrogen and oxygen atoms in total. The van der Waals surface area contributed by atoms with Crippen molar-refractivity contribution in [1.82, 2.24) is 15.5 Å². The molecule has 6 heteroatoms. The summed E-state index contributed by atoms with van der Waals surface area (Å²) in [5.74, 6) is 2.27. The molecule has 0 atom stereocenters. The largest absolute Gasteiger partial charge is 0.493 e. The maximum Gasteiger partial charge on any atom is 0.251 e. The van der Waals surface area contributed by atoms with Crippen LogP contribution in [0.5, 0.6) is 11.5 Å². The van der Waals surface area contributed by atoms with Crippen molar-refractivity contribution in [3.05, 3.63) is 24.1 Å². The highest BCUT2D eigenvalue weighted by Gasteiger charge is 2.16. The van der Waals surface area contributed by atoms with E-state index in [0.29, 0.717) is 29.7 Å². The monoisotopic (exact) mass is 277 g/mol. The molecule has 0 spiro atoms. The summed E-state index contributed by atoms with van der Waals surface area (Å²) in [5.41, 5.74) is 0.731. The number of nitrogens with zero attached hydrogens (tertiary/aromatic N) is 2. The van der Waals surface area contributed by atoms with Gasteiger partial charge in [-0.25, -0.2) is 0 Å². The molecule has 0 aliphatic rings. The number of likely N-dealkylation sites (N-methyl/N-ethyl adjacent to an activating group) is 1. The van der Waals surface area contributed by atoms with Crippen molar-refractivity contribution in [2.45, 2.75) is 13.3 Å². The molecule has 0 unspecified atom stereocenters. The van der Waals surface area contributed by atoms with Crippen LogP contribution in [0.15, 0.2) is 22.6 Å². The van der Waals surface area contributed by atoms with Crippen LogP contribution in [-0.4, -0.2) is 37.5 Å². The molecule has 0 aliphatic carbocycles. The van der Waals surface area contributed by atoms with E-state index in [1.165, 1.54) is 0 Å². The van der Waals surface area contributed by atoms with Gasteiger partial charge in [-0.2, -0.15) is 0 Å². The number of hydrogen-bond acceptors (Lipinski definition) is 6. The lowest BCUT2D eigenvalue weighted by Crippen LogP contribution is -2.16. The van der Waals surface area contributed by atoms with Crippen molar-refractivity contribution < 1.29 is 13.9 Å². The Hall–Kier alpha value is -2.08. The number of ether oxygens (including phenoxy) is 2. The van der Waals surface area contributed by atoms with Crippen molar-refractivity contribution in [2.75, 3.05) is 27.3 Å². The third-order valence-corrected chi connectivity index (χ3v) is 2.87. The number of para-hydroxylation sites is 1. The molecular formula is C14H19N3O3. The zero-order valence-corrected chi connectivity index (χ0v) is 12.0. The normalized spacial score (nSPS) is 10.6. The Balaban J connectivity index is 2.23. The zero-order chi connectivity index (χ0) is 14.4. The predicted octanol–water partition coefficient (Wildman–Crippen LogP) is 1.91. The van der Waals surface area contributed by atoms with Crippen molar-refractivity contribution in [3.8, 4) is 23.0 Å². The van der Waals surface area contributed by atoms with Crippen molar-refractivity contribution in [3.63, 3.8) is 0 Å². The van der Waals surface area contributed by atoms with Gasteiger partial charge in [0, 0.05) is 13.0 Å².